The van der Waals surface area contributed by atoms with Crippen LogP contribution in [-0.2, 0) is 6.42 Å². The summed E-state index contributed by atoms with van der Waals surface area (Å²) in [5, 5.41) is 0. The average Bonchev–Trinajstić information content (AvgIpc) is 2.97. The molecule has 1 saturated heterocycles. The zero-order chi connectivity index (χ0) is 12.5. The zero-order valence-electron chi connectivity index (χ0n) is 11.2. The SMILES string of the molecule is CC(C)N1CCCC1Cc1ncc2ccccn12. The number of pyridine rings is 1. The van der Waals surface area contributed by atoms with Gasteiger partial charge in [-0.05, 0) is 45.4 Å². The van der Waals surface area contributed by atoms with Crippen LogP contribution in [0.4, 0.5) is 0 Å². The molecule has 0 bridgehead atoms. The average molecular weight is 243 g/mol. The van der Waals surface area contributed by atoms with Crippen molar-refractivity contribution in [1.82, 2.24) is 14.3 Å². The molecular formula is C15H21N3. The second-order valence-electron chi connectivity index (χ2n) is 5.50. The highest BCUT2D eigenvalue weighted by Gasteiger charge is 2.27. The third kappa shape index (κ3) is 2.03. The van der Waals surface area contributed by atoms with E-state index in [9.17, 15) is 0 Å². The Kier molecular flexibility index (Phi) is 3.08. The smallest absolute Gasteiger partial charge is 0.114 e. The first-order valence-electron chi connectivity index (χ1n) is 6.92. The van der Waals surface area contributed by atoms with Crippen molar-refractivity contribution in [3.63, 3.8) is 0 Å². The van der Waals surface area contributed by atoms with Gasteiger partial charge < -0.3 is 4.40 Å². The van der Waals surface area contributed by atoms with Gasteiger partial charge in [-0.3, -0.25) is 4.90 Å². The van der Waals surface area contributed by atoms with Gasteiger partial charge in [-0.15, -0.1) is 0 Å². The molecule has 3 rings (SSSR count). The number of hydrogen-bond donors (Lipinski definition) is 0. The highest BCUT2D eigenvalue weighted by Crippen LogP contribution is 2.23. The molecule has 2 aromatic heterocycles. The Labute approximate surface area is 108 Å². The maximum atomic E-state index is 4.59. The summed E-state index contributed by atoms with van der Waals surface area (Å²) in [6.07, 6.45) is 7.79. The number of likely N-dealkylation sites (tertiary alicyclic amines) is 1. The van der Waals surface area contributed by atoms with Gasteiger partial charge in [0.2, 0.25) is 0 Å². The van der Waals surface area contributed by atoms with Crippen molar-refractivity contribution in [2.75, 3.05) is 6.54 Å². The van der Waals surface area contributed by atoms with Crippen molar-refractivity contribution >= 4 is 5.52 Å². The van der Waals surface area contributed by atoms with E-state index in [0.29, 0.717) is 12.1 Å². The molecule has 1 unspecified atom stereocenters. The molecule has 0 spiro atoms. The van der Waals surface area contributed by atoms with Crippen LogP contribution in [0, 0.1) is 0 Å². The lowest BCUT2D eigenvalue weighted by Crippen LogP contribution is -2.37. The van der Waals surface area contributed by atoms with Gasteiger partial charge in [-0.2, -0.15) is 0 Å². The van der Waals surface area contributed by atoms with Crippen LogP contribution in [0.3, 0.4) is 0 Å². The van der Waals surface area contributed by atoms with Crippen LogP contribution in [0.15, 0.2) is 30.6 Å². The molecule has 0 radical (unpaired) electrons. The molecule has 0 aliphatic carbocycles. The fourth-order valence-electron chi connectivity index (χ4n) is 3.12. The molecule has 0 saturated carbocycles. The first-order valence-corrected chi connectivity index (χ1v) is 6.92. The van der Waals surface area contributed by atoms with Gasteiger partial charge in [0, 0.05) is 24.7 Å². The largest absolute Gasteiger partial charge is 0.304 e. The number of imidazole rings is 1. The Morgan fingerprint density at radius 2 is 2.28 bits per heavy atom. The Hall–Kier alpha value is -1.35. The second-order valence-corrected chi connectivity index (χ2v) is 5.50. The van der Waals surface area contributed by atoms with E-state index in [0.717, 1.165) is 6.42 Å². The number of fused-ring (bicyclic) bond motifs is 1. The summed E-state index contributed by atoms with van der Waals surface area (Å²) in [4.78, 5) is 7.20. The number of rotatable bonds is 3. The van der Waals surface area contributed by atoms with Gasteiger partial charge in [0.15, 0.2) is 0 Å². The summed E-state index contributed by atoms with van der Waals surface area (Å²) in [6, 6.07) is 7.56. The van der Waals surface area contributed by atoms with E-state index in [4.69, 9.17) is 0 Å². The lowest BCUT2D eigenvalue weighted by Gasteiger charge is -2.27. The molecule has 2 aromatic rings. The Morgan fingerprint density at radius 1 is 1.39 bits per heavy atom. The van der Waals surface area contributed by atoms with Crippen molar-refractivity contribution in [3.8, 4) is 0 Å². The predicted molar refractivity (Wildman–Crippen MR) is 73.8 cm³/mol. The van der Waals surface area contributed by atoms with Crippen LogP contribution in [0.1, 0.15) is 32.5 Å². The molecule has 18 heavy (non-hydrogen) atoms. The highest BCUT2D eigenvalue weighted by molar-refractivity contribution is 5.45. The normalized spacial score (nSPS) is 21.2. The summed E-state index contributed by atoms with van der Waals surface area (Å²) in [5.74, 6) is 1.20. The minimum Gasteiger partial charge on any atom is -0.304 e. The van der Waals surface area contributed by atoms with Crippen LogP contribution in [-0.4, -0.2) is 32.9 Å². The van der Waals surface area contributed by atoms with E-state index in [-0.39, 0.29) is 0 Å². The van der Waals surface area contributed by atoms with Gasteiger partial charge in [-0.25, -0.2) is 4.98 Å². The Bertz CT molecular complexity index is 529. The highest BCUT2D eigenvalue weighted by atomic mass is 15.2. The van der Waals surface area contributed by atoms with E-state index in [1.807, 2.05) is 6.20 Å². The Morgan fingerprint density at radius 3 is 3.11 bits per heavy atom. The molecule has 0 amide bonds. The van der Waals surface area contributed by atoms with Crippen LogP contribution in [0.2, 0.25) is 0 Å². The minimum atomic E-state index is 0.642. The minimum absolute atomic E-state index is 0.642. The topological polar surface area (TPSA) is 20.5 Å². The molecule has 96 valence electrons. The van der Waals surface area contributed by atoms with Crippen LogP contribution in [0.5, 0.6) is 0 Å². The fraction of sp³-hybridized carbons (Fsp3) is 0.533. The summed E-state index contributed by atoms with van der Waals surface area (Å²) in [7, 11) is 0. The van der Waals surface area contributed by atoms with Crippen LogP contribution >= 0.6 is 0 Å². The van der Waals surface area contributed by atoms with Crippen molar-refractivity contribution in [3.05, 3.63) is 36.4 Å². The van der Waals surface area contributed by atoms with E-state index >= 15 is 0 Å². The van der Waals surface area contributed by atoms with Gasteiger partial charge in [0.1, 0.15) is 5.82 Å². The fourth-order valence-corrected chi connectivity index (χ4v) is 3.12. The molecule has 3 nitrogen and oxygen atoms in total. The lowest BCUT2D eigenvalue weighted by molar-refractivity contribution is 0.201. The molecule has 0 N–H and O–H groups in total. The molecule has 1 fully saturated rings. The quantitative estimate of drug-likeness (QED) is 0.826. The van der Waals surface area contributed by atoms with Crippen molar-refractivity contribution in [2.45, 2.75) is 45.2 Å². The first-order chi connectivity index (χ1) is 8.75. The standard InChI is InChI=1S/C15H21N3/c1-12(2)17-9-5-7-13(17)10-15-16-11-14-6-3-4-8-18(14)15/h3-4,6,8,11-13H,5,7,9-10H2,1-2H3. The number of hydrogen-bond acceptors (Lipinski definition) is 2. The first kappa shape index (κ1) is 11.7. The van der Waals surface area contributed by atoms with Crippen LogP contribution < -0.4 is 0 Å². The third-order valence-corrected chi connectivity index (χ3v) is 4.02. The predicted octanol–water partition coefficient (Wildman–Crippen LogP) is 2.75. The third-order valence-electron chi connectivity index (χ3n) is 4.02. The molecule has 1 aliphatic rings. The van der Waals surface area contributed by atoms with Gasteiger partial charge in [-0.1, -0.05) is 6.07 Å². The molecule has 3 heteroatoms. The van der Waals surface area contributed by atoms with E-state index in [1.54, 1.807) is 0 Å². The maximum Gasteiger partial charge on any atom is 0.114 e. The van der Waals surface area contributed by atoms with Gasteiger partial charge >= 0.3 is 0 Å². The van der Waals surface area contributed by atoms with Gasteiger partial charge in [0.25, 0.3) is 0 Å². The lowest BCUT2D eigenvalue weighted by atomic mass is 10.1. The zero-order valence-corrected chi connectivity index (χ0v) is 11.2. The van der Waals surface area contributed by atoms with Gasteiger partial charge in [0.05, 0.1) is 11.7 Å². The number of nitrogens with zero attached hydrogens (tertiary/aromatic N) is 3. The van der Waals surface area contributed by atoms with Crippen molar-refractivity contribution < 1.29 is 0 Å². The molecule has 1 aliphatic heterocycles. The molecule has 3 heterocycles. The summed E-state index contributed by atoms with van der Waals surface area (Å²) >= 11 is 0. The van der Waals surface area contributed by atoms with Crippen LogP contribution in [0.25, 0.3) is 5.52 Å². The van der Waals surface area contributed by atoms with E-state index in [2.05, 4.69) is 52.5 Å². The van der Waals surface area contributed by atoms with E-state index in [1.165, 1.54) is 30.7 Å². The van der Waals surface area contributed by atoms with Crippen molar-refractivity contribution in [2.24, 2.45) is 0 Å². The monoisotopic (exact) mass is 243 g/mol. The summed E-state index contributed by atoms with van der Waals surface area (Å²) < 4.78 is 2.22. The summed E-state index contributed by atoms with van der Waals surface area (Å²) in [6.45, 7) is 5.83. The molecule has 1 atom stereocenters. The molecular weight excluding hydrogens is 222 g/mol. The number of aromatic nitrogens is 2. The van der Waals surface area contributed by atoms with Crippen molar-refractivity contribution in [1.29, 1.82) is 0 Å². The molecule has 0 aromatic carbocycles. The Balaban J connectivity index is 1.84. The second kappa shape index (κ2) is 4.73. The van der Waals surface area contributed by atoms with E-state index < -0.39 is 0 Å². The summed E-state index contributed by atoms with van der Waals surface area (Å²) in [5.41, 5.74) is 1.20. The maximum absolute atomic E-state index is 4.59.